The zero-order valence-corrected chi connectivity index (χ0v) is 12.8. The van der Waals surface area contributed by atoms with Crippen LogP contribution in [0.3, 0.4) is 0 Å². The van der Waals surface area contributed by atoms with Crippen LogP contribution in [0, 0.1) is 11.8 Å². The van der Waals surface area contributed by atoms with Crippen molar-refractivity contribution < 1.29 is 9.59 Å². The summed E-state index contributed by atoms with van der Waals surface area (Å²) in [6, 6.07) is 14.1. The minimum Gasteiger partial charge on any atom is -0.366 e. The lowest BCUT2D eigenvalue weighted by atomic mass is 10.1. The van der Waals surface area contributed by atoms with Gasteiger partial charge in [0.1, 0.15) is 0 Å². The minimum atomic E-state index is -0.471. The number of benzene rings is 2. The standard InChI is InChI=1S/C19H15N3O2/c20-18(23)15-5-3-13(4-6-15)2-1-10-22-19(24)16-8-7-14-9-11-21-17(14)12-16/h3-9,11-12,21H,10H2,(H2,20,23)(H,22,24). The fourth-order valence-electron chi connectivity index (χ4n) is 2.28. The highest BCUT2D eigenvalue weighted by atomic mass is 16.2. The predicted molar refractivity (Wildman–Crippen MR) is 92.5 cm³/mol. The van der Waals surface area contributed by atoms with Crippen molar-refractivity contribution in [2.75, 3.05) is 6.54 Å². The van der Waals surface area contributed by atoms with Crippen molar-refractivity contribution in [2.24, 2.45) is 5.73 Å². The molecule has 118 valence electrons. The zero-order valence-electron chi connectivity index (χ0n) is 12.8. The van der Waals surface area contributed by atoms with E-state index in [1.54, 1.807) is 36.4 Å². The van der Waals surface area contributed by atoms with E-state index in [1.165, 1.54) is 0 Å². The van der Waals surface area contributed by atoms with Crippen LogP contribution >= 0.6 is 0 Å². The lowest BCUT2D eigenvalue weighted by molar-refractivity contribution is 0.0957. The second-order valence-electron chi connectivity index (χ2n) is 5.21. The van der Waals surface area contributed by atoms with Crippen molar-refractivity contribution in [2.45, 2.75) is 0 Å². The zero-order chi connectivity index (χ0) is 16.9. The summed E-state index contributed by atoms with van der Waals surface area (Å²) in [6.45, 7) is 0.235. The maximum absolute atomic E-state index is 12.1. The van der Waals surface area contributed by atoms with E-state index >= 15 is 0 Å². The van der Waals surface area contributed by atoms with Gasteiger partial charge < -0.3 is 16.0 Å². The molecular formula is C19H15N3O2. The van der Waals surface area contributed by atoms with E-state index in [0.29, 0.717) is 11.1 Å². The number of nitrogens with two attached hydrogens (primary N) is 1. The number of hydrogen-bond acceptors (Lipinski definition) is 2. The topological polar surface area (TPSA) is 88.0 Å². The molecule has 1 aromatic heterocycles. The molecule has 0 atom stereocenters. The maximum atomic E-state index is 12.1. The average molecular weight is 317 g/mol. The van der Waals surface area contributed by atoms with Gasteiger partial charge in [0, 0.05) is 28.4 Å². The molecule has 0 saturated carbocycles. The second kappa shape index (κ2) is 6.71. The summed E-state index contributed by atoms with van der Waals surface area (Å²) >= 11 is 0. The van der Waals surface area contributed by atoms with Gasteiger partial charge >= 0.3 is 0 Å². The second-order valence-corrected chi connectivity index (χ2v) is 5.21. The summed E-state index contributed by atoms with van der Waals surface area (Å²) in [4.78, 5) is 26.2. The van der Waals surface area contributed by atoms with E-state index in [-0.39, 0.29) is 12.5 Å². The third-order valence-corrected chi connectivity index (χ3v) is 3.56. The van der Waals surface area contributed by atoms with E-state index in [4.69, 9.17) is 5.73 Å². The molecule has 5 heteroatoms. The first-order chi connectivity index (χ1) is 11.6. The third-order valence-electron chi connectivity index (χ3n) is 3.56. The van der Waals surface area contributed by atoms with Gasteiger partial charge in [-0.15, -0.1) is 0 Å². The number of amides is 2. The first-order valence-corrected chi connectivity index (χ1v) is 7.37. The smallest absolute Gasteiger partial charge is 0.252 e. The molecule has 0 aliphatic carbocycles. The summed E-state index contributed by atoms with van der Waals surface area (Å²) < 4.78 is 0. The minimum absolute atomic E-state index is 0.176. The third kappa shape index (κ3) is 3.45. The summed E-state index contributed by atoms with van der Waals surface area (Å²) in [6.07, 6.45) is 1.83. The van der Waals surface area contributed by atoms with Gasteiger partial charge in [-0.25, -0.2) is 0 Å². The number of nitrogens with one attached hydrogen (secondary N) is 2. The van der Waals surface area contributed by atoms with Crippen LogP contribution in [-0.2, 0) is 0 Å². The van der Waals surface area contributed by atoms with Crippen LogP contribution in [0.4, 0.5) is 0 Å². The van der Waals surface area contributed by atoms with E-state index in [1.807, 2.05) is 18.3 Å². The number of fused-ring (bicyclic) bond motifs is 1. The number of aromatic amines is 1. The number of rotatable bonds is 3. The molecule has 24 heavy (non-hydrogen) atoms. The number of aromatic nitrogens is 1. The normalized spacial score (nSPS) is 10.0. The van der Waals surface area contributed by atoms with Crippen LogP contribution in [-0.4, -0.2) is 23.3 Å². The van der Waals surface area contributed by atoms with Crippen molar-refractivity contribution >= 4 is 22.7 Å². The highest BCUT2D eigenvalue weighted by Gasteiger charge is 2.05. The van der Waals surface area contributed by atoms with Gasteiger partial charge in [0.25, 0.3) is 5.91 Å². The van der Waals surface area contributed by atoms with Crippen LogP contribution in [0.1, 0.15) is 26.3 Å². The molecule has 3 aromatic rings. The Bertz CT molecular complexity index is 959. The highest BCUT2D eigenvalue weighted by molar-refractivity contribution is 5.98. The quantitative estimate of drug-likeness (QED) is 0.646. The molecule has 0 saturated heterocycles. The maximum Gasteiger partial charge on any atom is 0.252 e. The van der Waals surface area contributed by atoms with E-state index in [9.17, 15) is 9.59 Å². The number of primary amides is 1. The summed E-state index contributed by atoms with van der Waals surface area (Å²) in [7, 11) is 0. The molecule has 0 radical (unpaired) electrons. The summed E-state index contributed by atoms with van der Waals surface area (Å²) in [5, 5.41) is 3.82. The largest absolute Gasteiger partial charge is 0.366 e. The molecule has 0 aliphatic heterocycles. The number of carbonyl (C=O) groups excluding carboxylic acids is 2. The highest BCUT2D eigenvalue weighted by Crippen LogP contribution is 2.13. The van der Waals surface area contributed by atoms with Crippen LogP contribution < -0.4 is 11.1 Å². The molecular weight excluding hydrogens is 302 g/mol. The molecule has 0 bridgehead atoms. The lowest BCUT2D eigenvalue weighted by Gasteiger charge is -2.01. The Morgan fingerprint density at radius 3 is 2.54 bits per heavy atom. The molecule has 5 nitrogen and oxygen atoms in total. The first-order valence-electron chi connectivity index (χ1n) is 7.37. The Labute approximate surface area is 138 Å². The van der Waals surface area contributed by atoms with E-state index < -0.39 is 5.91 Å². The van der Waals surface area contributed by atoms with Crippen LogP contribution in [0.15, 0.2) is 54.7 Å². The van der Waals surface area contributed by atoms with Crippen molar-refractivity contribution in [3.8, 4) is 11.8 Å². The van der Waals surface area contributed by atoms with Crippen molar-refractivity contribution in [3.05, 3.63) is 71.4 Å². The number of carbonyl (C=O) groups is 2. The Balaban J connectivity index is 1.59. The van der Waals surface area contributed by atoms with Crippen molar-refractivity contribution in [1.29, 1.82) is 0 Å². The fraction of sp³-hybridized carbons (Fsp3) is 0.0526. The van der Waals surface area contributed by atoms with Gasteiger partial charge in [0.05, 0.1) is 6.54 Å². The molecule has 1 heterocycles. The van der Waals surface area contributed by atoms with Crippen molar-refractivity contribution in [3.63, 3.8) is 0 Å². The van der Waals surface area contributed by atoms with Crippen LogP contribution in [0.25, 0.3) is 10.9 Å². The molecule has 2 amide bonds. The molecule has 4 N–H and O–H groups in total. The molecule has 0 fully saturated rings. The molecule has 0 aliphatic rings. The van der Waals surface area contributed by atoms with Gasteiger partial charge in [-0.1, -0.05) is 17.9 Å². The van der Waals surface area contributed by atoms with Crippen LogP contribution in [0.2, 0.25) is 0 Å². The van der Waals surface area contributed by atoms with E-state index in [2.05, 4.69) is 22.1 Å². The van der Waals surface area contributed by atoms with Gasteiger partial charge in [-0.3, -0.25) is 9.59 Å². The van der Waals surface area contributed by atoms with Gasteiger partial charge in [0.15, 0.2) is 0 Å². The predicted octanol–water partition coefficient (Wildman–Crippen LogP) is 2.05. The molecule has 3 rings (SSSR count). The van der Waals surface area contributed by atoms with Gasteiger partial charge in [-0.2, -0.15) is 0 Å². The van der Waals surface area contributed by atoms with Gasteiger partial charge in [0.2, 0.25) is 5.91 Å². The number of H-pyrrole nitrogens is 1. The monoisotopic (exact) mass is 317 g/mol. The lowest BCUT2D eigenvalue weighted by Crippen LogP contribution is -2.23. The number of hydrogen-bond donors (Lipinski definition) is 3. The molecule has 0 spiro atoms. The van der Waals surface area contributed by atoms with Gasteiger partial charge in [-0.05, 0) is 47.9 Å². The molecule has 0 unspecified atom stereocenters. The average Bonchev–Trinajstić information content (AvgIpc) is 3.06. The Kier molecular flexibility index (Phi) is 4.30. The summed E-state index contributed by atoms with van der Waals surface area (Å²) in [5.74, 6) is 5.15. The van der Waals surface area contributed by atoms with Crippen LogP contribution in [0.5, 0.6) is 0 Å². The fourth-order valence-corrected chi connectivity index (χ4v) is 2.28. The van der Waals surface area contributed by atoms with E-state index in [0.717, 1.165) is 16.5 Å². The molecule has 2 aromatic carbocycles. The Hall–Kier alpha value is -3.52. The first kappa shape index (κ1) is 15.4. The SMILES string of the molecule is NC(=O)c1ccc(C#CCNC(=O)c2ccc3cc[nH]c3c2)cc1. The summed E-state index contributed by atoms with van der Waals surface area (Å²) in [5.41, 5.74) is 7.87. The van der Waals surface area contributed by atoms with Crippen molar-refractivity contribution in [1.82, 2.24) is 10.3 Å². The Morgan fingerprint density at radius 1 is 1.04 bits per heavy atom. The Morgan fingerprint density at radius 2 is 1.79 bits per heavy atom.